The Hall–Kier alpha value is -0.860. The molecule has 0 saturated carbocycles. The van der Waals surface area contributed by atoms with E-state index in [4.69, 9.17) is 11.2 Å². The van der Waals surface area contributed by atoms with E-state index in [9.17, 15) is 5.11 Å². The van der Waals surface area contributed by atoms with Gasteiger partial charge in [-0.3, -0.25) is 0 Å². The molecular weight excluding hydrogens is 246 g/mol. The van der Waals surface area contributed by atoms with Crippen LogP contribution in [0.3, 0.4) is 0 Å². The van der Waals surface area contributed by atoms with Crippen LogP contribution in [-0.2, 0) is 11.3 Å². The topological polar surface area (TPSA) is 41.5 Å². The zero-order valence-electron chi connectivity index (χ0n) is 10.8. The second-order valence-corrected chi connectivity index (χ2v) is 5.20. The molecule has 1 aromatic heterocycles. The number of hydrogen-bond acceptors (Lipinski definition) is 4. The van der Waals surface area contributed by atoms with Gasteiger partial charge >= 0.3 is 0 Å². The lowest BCUT2D eigenvalue weighted by Gasteiger charge is -2.17. The third-order valence-electron chi connectivity index (χ3n) is 2.63. The number of rotatable bonds is 9. The molecule has 0 amide bonds. The van der Waals surface area contributed by atoms with Crippen molar-refractivity contribution in [3.05, 3.63) is 22.4 Å². The van der Waals surface area contributed by atoms with Gasteiger partial charge in [0.1, 0.15) is 0 Å². The van der Waals surface area contributed by atoms with Crippen molar-refractivity contribution in [1.29, 1.82) is 0 Å². The minimum Gasteiger partial charge on any atom is -0.389 e. The molecule has 0 bridgehead atoms. The number of terminal acetylenes is 1. The first-order valence-electron chi connectivity index (χ1n) is 6.21. The van der Waals surface area contributed by atoms with Crippen molar-refractivity contribution in [2.45, 2.75) is 38.5 Å². The zero-order valence-corrected chi connectivity index (χ0v) is 11.6. The quantitative estimate of drug-likeness (QED) is 0.673. The van der Waals surface area contributed by atoms with Gasteiger partial charge in [-0.15, -0.1) is 23.7 Å². The Bertz CT molecular complexity index is 345. The molecule has 1 rings (SSSR count). The van der Waals surface area contributed by atoms with Crippen molar-refractivity contribution in [2.24, 2.45) is 0 Å². The highest BCUT2D eigenvalue weighted by molar-refractivity contribution is 7.09. The van der Waals surface area contributed by atoms with Crippen LogP contribution in [0.15, 0.2) is 17.5 Å². The minimum atomic E-state index is -0.489. The van der Waals surface area contributed by atoms with Crippen LogP contribution < -0.4 is 5.32 Å². The van der Waals surface area contributed by atoms with Crippen molar-refractivity contribution in [3.8, 4) is 12.3 Å². The summed E-state index contributed by atoms with van der Waals surface area (Å²) < 4.78 is 5.45. The summed E-state index contributed by atoms with van der Waals surface area (Å²) in [6, 6.07) is 4.30. The van der Waals surface area contributed by atoms with Gasteiger partial charge in [0.05, 0.1) is 19.3 Å². The molecule has 0 spiro atoms. The molecule has 0 aliphatic rings. The second kappa shape index (κ2) is 9.12. The molecule has 1 heterocycles. The number of thiophene rings is 1. The van der Waals surface area contributed by atoms with Crippen molar-refractivity contribution in [2.75, 3.05) is 13.2 Å². The zero-order chi connectivity index (χ0) is 13.2. The van der Waals surface area contributed by atoms with Gasteiger partial charge in [0, 0.05) is 23.9 Å². The summed E-state index contributed by atoms with van der Waals surface area (Å²) >= 11 is 1.66. The Morgan fingerprint density at radius 2 is 2.44 bits per heavy atom. The van der Waals surface area contributed by atoms with Gasteiger partial charge in [-0.05, 0) is 17.9 Å². The first-order valence-corrected chi connectivity index (χ1v) is 7.09. The molecule has 3 nitrogen and oxygen atoms in total. The normalized spacial score (nSPS) is 14.1. The number of ether oxygens (including phenoxy) is 1. The van der Waals surface area contributed by atoms with E-state index in [-0.39, 0.29) is 6.04 Å². The monoisotopic (exact) mass is 267 g/mol. The number of aliphatic hydroxyl groups excluding tert-OH is 1. The summed E-state index contributed by atoms with van der Waals surface area (Å²) in [4.78, 5) is 1.17. The van der Waals surface area contributed by atoms with E-state index in [1.54, 1.807) is 11.3 Å². The van der Waals surface area contributed by atoms with E-state index < -0.39 is 6.10 Å². The maximum absolute atomic E-state index is 9.75. The molecule has 18 heavy (non-hydrogen) atoms. The van der Waals surface area contributed by atoms with E-state index >= 15 is 0 Å². The van der Waals surface area contributed by atoms with E-state index in [0.717, 1.165) is 6.42 Å². The Labute approximate surface area is 113 Å². The smallest absolute Gasteiger partial charge is 0.0897 e. The highest BCUT2D eigenvalue weighted by Gasteiger charge is 2.08. The Kier molecular flexibility index (Phi) is 7.70. The SMILES string of the molecule is C#CCC(CC)NCC(O)COCc1cccs1. The third kappa shape index (κ3) is 6.18. The summed E-state index contributed by atoms with van der Waals surface area (Å²) in [5, 5.41) is 15.0. The van der Waals surface area contributed by atoms with E-state index in [1.807, 2.05) is 17.5 Å². The largest absolute Gasteiger partial charge is 0.389 e. The van der Waals surface area contributed by atoms with Crippen LogP contribution in [-0.4, -0.2) is 30.4 Å². The summed E-state index contributed by atoms with van der Waals surface area (Å²) in [5.41, 5.74) is 0. The average Bonchev–Trinajstić information content (AvgIpc) is 2.87. The predicted octanol–water partition coefficient (Wildman–Crippen LogP) is 2.02. The van der Waals surface area contributed by atoms with Crippen molar-refractivity contribution < 1.29 is 9.84 Å². The molecule has 2 atom stereocenters. The van der Waals surface area contributed by atoms with Gasteiger partial charge in [0.25, 0.3) is 0 Å². The van der Waals surface area contributed by atoms with Crippen LogP contribution in [0.5, 0.6) is 0 Å². The highest BCUT2D eigenvalue weighted by Crippen LogP contribution is 2.09. The molecule has 2 unspecified atom stereocenters. The van der Waals surface area contributed by atoms with Crippen LogP contribution in [0.4, 0.5) is 0 Å². The van der Waals surface area contributed by atoms with Gasteiger partial charge in [0.2, 0.25) is 0 Å². The Morgan fingerprint density at radius 3 is 3.06 bits per heavy atom. The fourth-order valence-corrected chi connectivity index (χ4v) is 2.20. The summed E-state index contributed by atoms with van der Waals surface area (Å²) in [7, 11) is 0. The number of nitrogens with one attached hydrogen (secondary N) is 1. The third-order valence-corrected chi connectivity index (χ3v) is 3.48. The fourth-order valence-electron chi connectivity index (χ4n) is 1.55. The molecule has 0 aliphatic heterocycles. The summed E-state index contributed by atoms with van der Waals surface area (Å²) in [6.45, 7) is 3.51. The second-order valence-electron chi connectivity index (χ2n) is 4.17. The first-order chi connectivity index (χ1) is 8.76. The lowest BCUT2D eigenvalue weighted by Crippen LogP contribution is -2.37. The number of hydrogen-bond donors (Lipinski definition) is 2. The van der Waals surface area contributed by atoms with Crippen LogP contribution >= 0.6 is 11.3 Å². The number of aliphatic hydroxyl groups is 1. The molecule has 0 radical (unpaired) electrons. The summed E-state index contributed by atoms with van der Waals surface area (Å²) in [6.07, 6.45) is 6.44. The maximum atomic E-state index is 9.75. The Balaban J connectivity index is 2.09. The van der Waals surface area contributed by atoms with E-state index in [2.05, 4.69) is 18.2 Å². The predicted molar refractivity (Wildman–Crippen MR) is 75.5 cm³/mol. The molecule has 0 aromatic carbocycles. The Morgan fingerprint density at radius 1 is 1.61 bits per heavy atom. The molecule has 100 valence electrons. The van der Waals surface area contributed by atoms with Crippen molar-refractivity contribution in [3.63, 3.8) is 0 Å². The van der Waals surface area contributed by atoms with Gasteiger partial charge < -0.3 is 15.2 Å². The molecule has 0 aliphatic carbocycles. The first kappa shape index (κ1) is 15.2. The lowest BCUT2D eigenvalue weighted by molar-refractivity contribution is 0.0286. The van der Waals surface area contributed by atoms with Crippen LogP contribution in [0.1, 0.15) is 24.6 Å². The van der Waals surface area contributed by atoms with Gasteiger partial charge in [-0.2, -0.15) is 0 Å². The van der Waals surface area contributed by atoms with Gasteiger partial charge in [0.15, 0.2) is 0 Å². The standard InChI is InChI=1S/C14H21NO2S/c1-3-6-12(4-2)15-9-13(16)10-17-11-14-7-5-8-18-14/h1,5,7-8,12-13,15-16H,4,6,9-11H2,2H3. The van der Waals surface area contributed by atoms with E-state index in [1.165, 1.54) is 4.88 Å². The average molecular weight is 267 g/mol. The highest BCUT2D eigenvalue weighted by atomic mass is 32.1. The molecule has 0 fully saturated rings. The summed E-state index contributed by atoms with van der Waals surface area (Å²) in [5.74, 6) is 2.63. The maximum Gasteiger partial charge on any atom is 0.0897 e. The van der Waals surface area contributed by atoms with Crippen LogP contribution in [0.2, 0.25) is 0 Å². The molecule has 4 heteroatoms. The van der Waals surface area contributed by atoms with E-state index in [0.29, 0.717) is 26.2 Å². The molecule has 0 saturated heterocycles. The fraction of sp³-hybridized carbons (Fsp3) is 0.571. The van der Waals surface area contributed by atoms with Crippen LogP contribution in [0, 0.1) is 12.3 Å². The van der Waals surface area contributed by atoms with Crippen molar-refractivity contribution >= 4 is 11.3 Å². The van der Waals surface area contributed by atoms with Gasteiger partial charge in [-0.1, -0.05) is 13.0 Å². The minimum absolute atomic E-state index is 0.280. The molecule has 1 aromatic rings. The van der Waals surface area contributed by atoms with Crippen molar-refractivity contribution in [1.82, 2.24) is 5.32 Å². The molecule has 2 N–H and O–H groups in total. The van der Waals surface area contributed by atoms with Crippen LogP contribution in [0.25, 0.3) is 0 Å². The van der Waals surface area contributed by atoms with Gasteiger partial charge in [-0.25, -0.2) is 0 Å². The molecular formula is C14H21NO2S. The lowest BCUT2D eigenvalue weighted by atomic mass is 10.1.